The van der Waals surface area contributed by atoms with Crippen LogP contribution < -0.4 is 11.2 Å². The molecule has 1 aromatic carbocycles. The number of hydrogen-bond acceptors (Lipinski definition) is 2. The Morgan fingerprint density at radius 3 is 2.62 bits per heavy atom. The highest BCUT2D eigenvalue weighted by molar-refractivity contribution is 5.76. The van der Waals surface area contributed by atoms with Crippen molar-refractivity contribution in [1.82, 2.24) is 9.55 Å². The first-order valence-electron chi connectivity index (χ1n) is 7.64. The molecule has 0 radical (unpaired) electrons. The van der Waals surface area contributed by atoms with Crippen molar-refractivity contribution in [3.8, 4) is 0 Å². The van der Waals surface area contributed by atoms with Crippen LogP contribution in [0.3, 0.4) is 0 Å². The number of para-hydroxylation sites is 1. The molecule has 1 aliphatic rings. The minimum atomic E-state index is -0.303. The Kier molecular flexibility index (Phi) is 3.68. The lowest BCUT2D eigenvalue weighted by Crippen LogP contribution is -2.51. The molecule has 1 saturated heterocycles. The van der Waals surface area contributed by atoms with Crippen LogP contribution in [0, 0.1) is 0 Å². The Bertz CT molecular complexity index is 754. The average Bonchev–Trinajstić information content (AvgIpc) is 2.48. The number of likely N-dealkylation sites (N-methyl/N-ethyl adjacent to an activating group) is 1. The van der Waals surface area contributed by atoms with Gasteiger partial charge in [-0.05, 0) is 31.4 Å². The predicted molar refractivity (Wildman–Crippen MR) is 83.5 cm³/mol. The summed E-state index contributed by atoms with van der Waals surface area (Å²) in [7, 11) is 2.22. The summed E-state index contributed by atoms with van der Waals surface area (Å²) >= 11 is 0. The van der Waals surface area contributed by atoms with Crippen molar-refractivity contribution in [1.29, 1.82) is 0 Å². The van der Waals surface area contributed by atoms with Crippen LogP contribution in [0.2, 0.25) is 0 Å². The summed E-state index contributed by atoms with van der Waals surface area (Å²) in [5.41, 5.74) is 0.127. The Balaban J connectivity index is 1.90. The quantitative estimate of drug-likeness (QED) is 0.866. The van der Waals surface area contributed by atoms with Gasteiger partial charge in [-0.2, -0.15) is 0 Å². The van der Waals surface area contributed by atoms with Gasteiger partial charge in [-0.1, -0.05) is 12.1 Å². The van der Waals surface area contributed by atoms with E-state index in [1.54, 1.807) is 12.1 Å². The summed E-state index contributed by atoms with van der Waals surface area (Å²) in [5.74, 6) is 0. The Labute approximate surface area is 123 Å². The van der Waals surface area contributed by atoms with Crippen LogP contribution in [0.25, 0.3) is 10.9 Å². The van der Waals surface area contributed by atoms with Gasteiger partial charge in [-0.15, -0.1) is 0 Å². The van der Waals surface area contributed by atoms with Crippen LogP contribution in [0.4, 0.5) is 0 Å². The van der Waals surface area contributed by atoms with Crippen molar-refractivity contribution < 1.29 is 4.48 Å². The summed E-state index contributed by atoms with van der Waals surface area (Å²) in [6.45, 7) is 3.59. The molecule has 5 heteroatoms. The maximum Gasteiger partial charge on any atom is 0.329 e. The second-order valence-electron chi connectivity index (χ2n) is 6.28. The summed E-state index contributed by atoms with van der Waals surface area (Å²) in [5, 5.41) is 0.582. The SMILES string of the molecule is C[N+]1(CCn2c(=O)[nH]c3ccccc3c2=O)CCCCC1. The molecule has 0 spiro atoms. The predicted octanol–water partition coefficient (Wildman–Crippen LogP) is 1.32. The maximum atomic E-state index is 12.5. The largest absolute Gasteiger partial charge is 0.329 e. The van der Waals surface area contributed by atoms with E-state index in [1.165, 1.54) is 23.8 Å². The molecule has 1 N–H and O–H groups in total. The number of nitrogens with one attached hydrogen (secondary N) is 1. The molecule has 1 aliphatic heterocycles. The number of fused-ring (bicyclic) bond motifs is 1. The number of piperidine rings is 1. The van der Waals surface area contributed by atoms with Crippen molar-refractivity contribution in [2.45, 2.75) is 25.8 Å². The maximum absolute atomic E-state index is 12.5. The topological polar surface area (TPSA) is 54.9 Å². The molecule has 0 unspecified atom stereocenters. The van der Waals surface area contributed by atoms with E-state index in [1.807, 2.05) is 12.1 Å². The standard InChI is InChI=1S/C16H21N3O2/c1-19(10-5-2-6-11-19)12-9-18-15(20)13-7-3-4-8-14(13)17-16(18)21/h3-4,7-8H,2,5-6,9-12H2,1H3/p+1. The highest BCUT2D eigenvalue weighted by atomic mass is 16.2. The molecule has 0 atom stereocenters. The van der Waals surface area contributed by atoms with Crippen LogP contribution in [0.1, 0.15) is 19.3 Å². The van der Waals surface area contributed by atoms with E-state index in [0.717, 1.165) is 24.1 Å². The molecule has 1 fully saturated rings. The van der Waals surface area contributed by atoms with Gasteiger partial charge in [0.15, 0.2) is 0 Å². The number of aromatic nitrogens is 2. The van der Waals surface area contributed by atoms with Gasteiger partial charge in [-0.25, -0.2) is 4.79 Å². The number of likely N-dealkylation sites (tertiary alicyclic amines) is 1. The van der Waals surface area contributed by atoms with Gasteiger partial charge in [0.1, 0.15) is 0 Å². The zero-order chi connectivity index (χ0) is 14.9. The van der Waals surface area contributed by atoms with Gasteiger partial charge in [0.2, 0.25) is 0 Å². The van der Waals surface area contributed by atoms with Gasteiger partial charge < -0.3 is 9.47 Å². The normalized spacial score (nSPS) is 18.0. The number of quaternary nitrogens is 1. The number of benzene rings is 1. The molecule has 0 amide bonds. The van der Waals surface area contributed by atoms with E-state index in [2.05, 4.69) is 12.0 Å². The van der Waals surface area contributed by atoms with E-state index in [-0.39, 0.29) is 11.2 Å². The molecular weight excluding hydrogens is 266 g/mol. The summed E-state index contributed by atoms with van der Waals surface area (Å²) < 4.78 is 2.30. The van der Waals surface area contributed by atoms with Crippen molar-refractivity contribution in [3.05, 3.63) is 45.1 Å². The number of rotatable bonds is 3. The lowest BCUT2D eigenvalue weighted by atomic mass is 10.1. The van der Waals surface area contributed by atoms with Crippen LogP contribution in [0.15, 0.2) is 33.9 Å². The molecule has 21 heavy (non-hydrogen) atoms. The van der Waals surface area contributed by atoms with Gasteiger partial charge in [-0.3, -0.25) is 9.36 Å². The minimum absolute atomic E-state index is 0.182. The Morgan fingerprint density at radius 2 is 1.86 bits per heavy atom. The first-order chi connectivity index (χ1) is 10.1. The smallest absolute Gasteiger partial charge is 0.325 e. The molecule has 2 aromatic rings. The van der Waals surface area contributed by atoms with Crippen LogP contribution in [-0.4, -0.2) is 40.7 Å². The molecule has 1 aromatic heterocycles. The third-order valence-corrected chi connectivity index (χ3v) is 4.65. The first kappa shape index (κ1) is 14.1. The summed E-state index contributed by atoms with van der Waals surface area (Å²) in [6.07, 6.45) is 3.77. The second-order valence-corrected chi connectivity index (χ2v) is 6.28. The monoisotopic (exact) mass is 288 g/mol. The van der Waals surface area contributed by atoms with Crippen molar-refractivity contribution in [2.75, 3.05) is 26.7 Å². The van der Waals surface area contributed by atoms with Gasteiger partial charge in [0.05, 0.1) is 44.1 Å². The molecule has 5 nitrogen and oxygen atoms in total. The lowest BCUT2D eigenvalue weighted by Gasteiger charge is -2.37. The van der Waals surface area contributed by atoms with Crippen LogP contribution in [0.5, 0.6) is 0 Å². The van der Waals surface area contributed by atoms with Gasteiger partial charge >= 0.3 is 5.69 Å². The highest BCUT2D eigenvalue weighted by Gasteiger charge is 2.24. The molecule has 112 valence electrons. The third-order valence-electron chi connectivity index (χ3n) is 4.65. The fourth-order valence-corrected chi connectivity index (χ4v) is 3.24. The van der Waals surface area contributed by atoms with E-state index in [0.29, 0.717) is 17.4 Å². The van der Waals surface area contributed by atoms with Crippen LogP contribution in [-0.2, 0) is 6.54 Å². The summed E-state index contributed by atoms with van der Waals surface area (Å²) in [6, 6.07) is 7.18. The fraction of sp³-hybridized carbons (Fsp3) is 0.500. The van der Waals surface area contributed by atoms with E-state index in [4.69, 9.17) is 0 Å². The number of aromatic amines is 1. The molecular formula is C16H22N3O2+. The van der Waals surface area contributed by atoms with Gasteiger partial charge in [0.25, 0.3) is 5.56 Å². The van der Waals surface area contributed by atoms with E-state index >= 15 is 0 Å². The number of H-pyrrole nitrogens is 1. The van der Waals surface area contributed by atoms with Crippen molar-refractivity contribution in [3.63, 3.8) is 0 Å². The second kappa shape index (κ2) is 5.48. The van der Waals surface area contributed by atoms with Crippen molar-refractivity contribution in [2.24, 2.45) is 0 Å². The van der Waals surface area contributed by atoms with Crippen molar-refractivity contribution >= 4 is 10.9 Å². The van der Waals surface area contributed by atoms with Gasteiger partial charge in [0, 0.05) is 0 Å². The molecule has 0 saturated carbocycles. The molecule has 0 bridgehead atoms. The zero-order valence-electron chi connectivity index (χ0n) is 12.5. The third kappa shape index (κ3) is 2.78. The summed E-state index contributed by atoms with van der Waals surface area (Å²) in [4.78, 5) is 27.4. The molecule has 0 aliphatic carbocycles. The minimum Gasteiger partial charge on any atom is -0.325 e. The first-order valence-corrected chi connectivity index (χ1v) is 7.64. The molecule has 3 rings (SSSR count). The Hall–Kier alpha value is -1.88. The number of nitrogens with zero attached hydrogens (tertiary/aromatic N) is 2. The highest BCUT2D eigenvalue weighted by Crippen LogP contribution is 2.15. The molecule has 2 heterocycles. The Morgan fingerprint density at radius 1 is 1.14 bits per heavy atom. The lowest BCUT2D eigenvalue weighted by molar-refractivity contribution is -0.914. The van der Waals surface area contributed by atoms with Crippen LogP contribution >= 0.6 is 0 Å². The number of hydrogen-bond donors (Lipinski definition) is 1. The van der Waals surface area contributed by atoms with E-state index in [9.17, 15) is 9.59 Å². The average molecular weight is 288 g/mol. The fourth-order valence-electron chi connectivity index (χ4n) is 3.24. The zero-order valence-corrected chi connectivity index (χ0v) is 12.5. The van der Waals surface area contributed by atoms with E-state index < -0.39 is 0 Å².